The smallest absolute Gasteiger partial charge is 0.173 e. The van der Waals surface area contributed by atoms with E-state index in [1.165, 1.54) is 11.8 Å². The summed E-state index contributed by atoms with van der Waals surface area (Å²) in [6.07, 6.45) is 1.86. The van der Waals surface area contributed by atoms with E-state index < -0.39 is 0 Å². The van der Waals surface area contributed by atoms with Crippen molar-refractivity contribution in [2.75, 3.05) is 5.75 Å². The van der Waals surface area contributed by atoms with Crippen molar-refractivity contribution in [3.05, 3.63) is 71.5 Å². The van der Waals surface area contributed by atoms with E-state index in [1.54, 1.807) is 12.1 Å². The molecule has 0 aliphatic heterocycles. The van der Waals surface area contributed by atoms with Gasteiger partial charge in [0.25, 0.3) is 0 Å². The molecule has 1 aromatic carbocycles. The number of rotatable bonds is 4. The Labute approximate surface area is 144 Å². The summed E-state index contributed by atoms with van der Waals surface area (Å²) in [5.74, 6) is 0.456. The van der Waals surface area contributed by atoms with Crippen molar-refractivity contribution in [1.82, 2.24) is 4.40 Å². The SMILES string of the molecule is Cc1c(O)c(C(=S)SCC(=O)c2ccccc2)n2ccccc12. The minimum absolute atomic E-state index is 0.0232. The highest BCUT2D eigenvalue weighted by molar-refractivity contribution is 8.24. The molecular formula is C18H15NO2S2. The first-order valence-corrected chi connectivity index (χ1v) is 8.53. The van der Waals surface area contributed by atoms with Crippen molar-refractivity contribution in [2.24, 2.45) is 0 Å². The van der Waals surface area contributed by atoms with Crippen molar-refractivity contribution < 1.29 is 9.90 Å². The molecule has 2 aromatic heterocycles. The Hall–Kier alpha value is -2.11. The third kappa shape index (κ3) is 3.02. The number of aromatic nitrogens is 1. The zero-order chi connectivity index (χ0) is 16.4. The Balaban J connectivity index is 1.82. The maximum absolute atomic E-state index is 12.2. The highest BCUT2D eigenvalue weighted by atomic mass is 32.2. The number of benzene rings is 1. The summed E-state index contributed by atoms with van der Waals surface area (Å²) in [4.78, 5) is 12.2. The molecule has 0 bridgehead atoms. The number of carbonyl (C=O) groups excluding carboxylic acids is 1. The van der Waals surface area contributed by atoms with Crippen molar-refractivity contribution in [3.8, 4) is 5.75 Å². The number of fused-ring (bicyclic) bond motifs is 1. The molecule has 116 valence electrons. The van der Waals surface area contributed by atoms with Crippen LogP contribution in [-0.4, -0.2) is 25.2 Å². The summed E-state index contributed by atoms with van der Waals surface area (Å²) in [6, 6.07) is 14.9. The number of carbonyl (C=O) groups is 1. The summed E-state index contributed by atoms with van der Waals surface area (Å²) >= 11 is 6.72. The number of hydrogen-bond donors (Lipinski definition) is 1. The first kappa shape index (κ1) is 15.8. The molecule has 3 rings (SSSR count). The molecular weight excluding hydrogens is 326 g/mol. The van der Waals surface area contributed by atoms with Crippen LogP contribution in [0.3, 0.4) is 0 Å². The molecule has 0 unspecified atom stereocenters. The van der Waals surface area contributed by atoms with Crippen molar-refractivity contribution in [1.29, 1.82) is 0 Å². The van der Waals surface area contributed by atoms with Crippen LogP contribution in [0.4, 0.5) is 0 Å². The lowest BCUT2D eigenvalue weighted by atomic mass is 10.2. The first-order valence-electron chi connectivity index (χ1n) is 7.13. The Morgan fingerprint density at radius 1 is 1.17 bits per heavy atom. The van der Waals surface area contributed by atoms with E-state index in [4.69, 9.17) is 12.2 Å². The zero-order valence-corrected chi connectivity index (χ0v) is 14.2. The van der Waals surface area contributed by atoms with E-state index in [0.717, 1.165) is 11.1 Å². The largest absolute Gasteiger partial charge is 0.505 e. The molecule has 5 heteroatoms. The van der Waals surface area contributed by atoms with Crippen LogP contribution >= 0.6 is 24.0 Å². The minimum Gasteiger partial charge on any atom is -0.505 e. The standard InChI is InChI=1S/C18H15NO2S2/c1-12-14-9-5-6-10-19(14)16(17(12)21)18(22)23-11-15(20)13-7-3-2-4-8-13/h2-10,21H,11H2,1H3. The van der Waals surface area contributed by atoms with E-state index in [1.807, 2.05) is 53.9 Å². The van der Waals surface area contributed by atoms with Crippen LogP contribution in [0.1, 0.15) is 21.6 Å². The quantitative estimate of drug-likeness (QED) is 0.569. The van der Waals surface area contributed by atoms with Crippen molar-refractivity contribution in [2.45, 2.75) is 6.92 Å². The molecule has 0 amide bonds. The average molecular weight is 341 g/mol. The van der Waals surface area contributed by atoms with Gasteiger partial charge in [-0.15, -0.1) is 11.8 Å². The lowest BCUT2D eigenvalue weighted by Gasteiger charge is -2.05. The second-order valence-corrected chi connectivity index (χ2v) is 6.80. The van der Waals surface area contributed by atoms with E-state index in [0.29, 0.717) is 15.5 Å². The molecule has 0 atom stereocenters. The van der Waals surface area contributed by atoms with Crippen molar-refractivity contribution in [3.63, 3.8) is 0 Å². The van der Waals surface area contributed by atoms with Gasteiger partial charge >= 0.3 is 0 Å². The maximum Gasteiger partial charge on any atom is 0.173 e. The number of ketones is 1. The molecule has 0 radical (unpaired) electrons. The molecule has 0 aliphatic carbocycles. The van der Waals surface area contributed by atoms with Gasteiger partial charge in [-0.25, -0.2) is 0 Å². The highest BCUT2D eigenvalue weighted by Gasteiger charge is 2.19. The molecule has 0 aliphatic rings. The van der Waals surface area contributed by atoms with Crippen LogP contribution in [0.2, 0.25) is 0 Å². The summed E-state index contributed by atoms with van der Waals surface area (Å²) < 4.78 is 2.38. The summed E-state index contributed by atoms with van der Waals surface area (Å²) in [7, 11) is 0. The van der Waals surface area contributed by atoms with Gasteiger partial charge in [0, 0.05) is 17.3 Å². The molecule has 1 N–H and O–H groups in total. The fraction of sp³-hybridized carbons (Fsp3) is 0.111. The van der Waals surface area contributed by atoms with Gasteiger partial charge in [-0.3, -0.25) is 4.79 Å². The van der Waals surface area contributed by atoms with Gasteiger partial charge in [0.15, 0.2) is 5.78 Å². The molecule has 3 aromatic rings. The molecule has 3 nitrogen and oxygen atoms in total. The molecule has 0 saturated heterocycles. The first-order chi connectivity index (χ1) is 11.1. The Kier molecular flexibility index (Phi) is 4.50. The van der Waals surface area contributed by atoms with Crippen molar-refractivity contribution >= 4 is 39.5 Å². The Morgan fingerprint density at radius 3 is 2.61 bits per heavy atom. The van der Waals surface area contributed by atoms with Gasteiger partial charge in [0.2, 0.25) is 0 Å². The Bertz CT molecular complexity index is 885. The van der Waals surface area contributed by atoms with E-state index in [9.17, 15) is 9.90 Å². The average Bonchev–Trinajstić information content (AvgIpc) is 2.85. The predicted octanol–water partition coefficient (Wildman–Crippen LogP) is 4.24. The van der Waals surface area contributed by atoms with Crippen LogP contribution in [-0.2, 0) is 0 Å². The summed E-state index contributed by atoms with van der Waals surface area (Å²) in [5.41, 5.74) is 2.96. The molecule has 0 fully saturated rings. The highest BCUT2D eigenvalue weighted by Crippen LogP contribution is 2.32. The van der Waals surface area contributed by atoms with Crippen LogP contribution in [0.25, 0.3) is 5.52 Å². The number of thiocarbonyl (C=S) groups is 1. The molecule has 0 spiro atoms. The second-order valence-electron chi connectivity index (χ2n) is 5.14. The number of Topliss-reactive ketones (excluding diaryl/α,β-unsaturated/α-hetero) is 1. The number of hydrogen-bond acceptors (Lipinski definition) is 4. The number of aromatic hydroxyl groups is 1. The Morgan fingerprint density at radius 2 is 1.87 bits per heavy atom. The maximum atomic E-state index is 12.2. The van der Waals surface area contributed by atoms with E-state index in [-0.39, 0.29) is 17.3 Å². The number of thioether (sulfide) groups is 1. The van der Waals surface area contributed by atoms with Crippen LogP contribution in [0.15, 0.2) is 54.7 Å². The monoisotopic (exact) mass is 341 g/mol. The normalized spacial score (nSPS) is 10.8. The number of aryl methyl sites for hydroxylation is 1. The predicted molar refractivity (Wildman–Crippen MR) is 98.7 cm³/mol. The number of nitrogens with zero attached hydrogens (tertiary/aromatic N) is 1. The van der Waals surface area contributed by atoms with Gasteiger partial charge in [-0.05, 0) is 19.1 Å². The minimum atomic E-state index is 0.0232. The summed E-state index contributed by atoms with van der Waals surface area (Å²) in [5, 5.41) is 10.4. The summed E-state index contributed by atoms with van der Waals surface area (Å²) in [6.45, 7) is 1.86. The fourth-order valence-electron chi connectivity index (χ4n) is 2.46. The molecule has 2 heterocycles. The zero-order valence-electron chi connectivity index (χ0n) is 12.5. The van der Waals surface area contributed by atoms with Gasteiger partial charge in [-0.1, -0.05) is 48.6 Å². The second kappa shape index (κ2) is 6.56. The van der Waals surface area contributed by atoms with E-state index >= 15 is 0 Å². The van der Waals surface area contributed by atoms with Gasteiger partial charge in [0.1, 0.15) is 11.4 Å². The topological polar surface area (TPSA) is 41.7 Å². The van der Waals surface area contributed by atoms with Gasteiger partial charge < -0.3 is 9.51 Å². The number of pyridine rings is 1. The lowest BCUT2D eigenvalue weighted by Crippen LogP contribution is -2.06. The molecule has 0 saturated carbocycles. The third-order valence-corrected chi connectivity index (χ3v) is 5.10. The van der Waals surface area contributed by atoms with Crippen LogP contribution < -0.4 is 0 Å². The van der Waals surface area contributed by atoms with Gasteiger partial charge in [0.05, 0.1) is 15.5 Å². The molecule has 23 heavy (non-hydrogen) atoms. The third-order valence-electron chi connectivity index (χ3n) is 3.69. The van der Waals surface area contributed by atoms with Crippen LogP contribution in [0, 0.1) is 6.92 Å². The lowest BCUT2D eigenvalue weighted by molar-refractivity contribution is 0.102. The fourth-order valence-corrected chi connectivity index (χ4v) is 3.59. The van der Waals surface area contributed by atoms with Gasteiger partial charge in [-0.2, -0.15) is 0 Å². The van der Waals surface area contributed by atoms with E-state index in [2.05, 4.69) is 0 Å². The van der Waals surface area contributed by atoms with Crippen LogP contribution in [0.5, 0.6) is 5.75 Å².